The molecule has 1 fully saturated rings. The van der Waals surface area contributed by atoms with Gasteiger partial charge in [0.05, 0.1) is 0 Å². The van der Waals surface area contributed by atoms with Gasteiger partial charge in [-0.25, -0.2) is 0 Å². The summed E-state index contributed by atoms with van der Waals surface area (Å²) in [7, 11) is 0. The maximum atomic E-state index is 4.33. The van der Waals surface area contributed by atoms with Crippen molar-refractivity contribution in [3.63, 3.8) is 0 Å². The van der Waals surface area contributed by atoms with Gasteiger partial charge in [0.15, 0.2) is 0 Å². The minimum absolute atomic E-state index is 0.647. The Kier molecular flexibility index (Phi) is 0.758. The van der Waals surface area contributed by atoms with Crippen molar-refractivity contribution in [3.05, 3.63) is 0 Å². The van der Waals surface area contributed by atoms with Crippen molar-refractivity contribution in [2.75, 3.05) is 0 Å². The van der Waals surface area contributed by atoms with Crippen molar-refractivity contribution < 1.29 is 0 Å². The largest absolute Gasteiger partial charge is 0.294 e. The van der Waals surface area contributed by atoms with Crippen LogP contribution in [0.2, 0.25) is 0 Å². The van der Waals surface area contributed by atoms with E-state index in [-0.39, 0.29) is 0 Å². The van der Waals surface area contributed by atoms with Crippen LogP contribution in [0.5, 0.6) is 0 Å². The number of nitrogens with zero attached hydrogens (tertiary/aromatic N) is 1. The number of rotatable bonds is 0. The first-order valence-corrected chi connectivity index (χ1v) is 3.39. The van der Waals surface area contributed by atoms with Crippen LogP contribution in [-0.2, 0) is 0 Å². The van der Waals surface area contributed by atoms with Crippen LogP contribution in [0.1, 0.15) is 19.8 Å². The Morgan fingerprint density at radius 2 is 2.50 bits per heavy atom. The third kappa shape index (κ3) is 0.504. The first kappa shape index (κ1) is 4.54. The summed E-state index contributed by atoms with van der Waals surface area (Å²) in [5, 5.41) is 0. The van der Waals surface area contributed by atoms with Gasteiger partial charge < -0.3 is 0 Å². The first-order valence-electron chi connectivity index (χ1n) is 3.39. The van der Waals surface area contributed by atoms with E-state index in [2.05, 4.69) is 18.1 Å². The van der Waals surface area contributed by atoms with Gasteiger partial charge in [-0.05, 0) is 37.8 Å². The molecule has 3 atom stereocenters. The van der Waals surface area contributed by atoms with Crippen molar-refractivity contribution in [2.24, 2.45) is 16.8 Å². The van der Waals surface area contributed by atoms with Crippen molar-refractivity contribution in [2.45, 2.75) is 25.8 Å². The fraction of sp³-hybridized carbons (Fsp3) is 0.857. The lowest BCUT2D eigenvalue weighted by atomic mass is 10.1. The molecule has 0 radical (unpaired) electrons. The third-order valence-corrected chi connectivity index (χ3v) is 2.35. The zero-order valence-electron chi connectivity index (χ0n) is 5.17. The van der Waals surface area contributed by atoms with Crippen LogP contribution < -0.4 is 0 Å². The van der Waals surface area contributed by atoms with Crippen LogP contribution >= 0.6 is 0 Å². The molecule has 1 aliphatic carbocycles. The van der Waals surface area contributed by atoms with Crippen molar-refractivity contribution in [3.8, 4) is 0 Å². The van der Waals surface area contributed by atoms with E-state index in [4.69, 9.17) is 0 Å². The molecule has 0 bridgehead atoms. The molecule has 0 aromatic carbocycles. The highest BCUT2D eigenvalue weighted by Gasteiger charge is 2.41. The average Bonchev–Trinajstić information content (AvgIpc) is 2.45. The van der Waals surface area contributed by atoms with E-state index < -0.39 is 0 Å². The van der Waals surface area contributed by atoms with Gasteiger partial charge in [0.1, 0.15) is 0 Å². The average molecular weight is 109 g/mol. The van der Waals surface area contributed by atoms with Gasteiger partial charge in [-0.2, -0.15) is 0 Å². The standard InChI is InChI=1S/C7H11N/c1-5-7-4-6(7)2-3-8-5/h3,5-7H,2,4H2,1H3. The zero-order valence-corrected chi connectivity index (χ0v) is 5.17. The Bertz CT molecular complexity index is 128. The van der Waals surface area contributed by atoms with Crippen molar-refractivity contribution in [1.29, 1.82) is 0 Å². The van der Waals surface area contributed by atoms with Crippen LogP contribution in [0.3, 0.4) is 0 Å². The summed E-state index contributed by atoms with van der Waals surface area (Å²) in [6.07, 6.45) is 4.80. The van der Waals surface area contributed by atoms with Gasteiger partial charge in [-0.1, -0.05) is 0 Å². The molecule has 0 N–H and O–H groups in total. The molecule has 1 heteroatoms. The smallest absolute Gasteiger partial charge is 0.0498 e. The van der Waals surface area contributed by atoms with E-state index in [1.807, 2.05) is 0 Å². The van der Waals surface area contributed by atoms with Crippen molar-refractivity contribution in [1.82, 2.24) is 0 Å². The molecule has 1 aliphatic heterocycles. The summed E-state index contributed by atoms with van der Waals surface area (Å²) in [6, 6.07) is 0.647. The molecule has 0 aromatic rings. The zero-order chi connectivity index (χ0) is 5.56. The third-order valence-electron chi connectivity index (χ3n) is 2.35. The molecule has 1 saturated carbocycles. The summed E-state index contributed by atoms with van der Waals surface area (Å²) < 4.78 is 0. The van der Waals surface area contributed by atoms with E-state index in [0.29, 0.717) is 6.04 Å². The van der Waals surface area contributed by atoms with Gasteiger partial charge in [0.25, 0.3) is 0 Å². The monoisotopic (exact) mass is 109 g/mol. The lowest BCUT2D eigenvalue weighted by Gasteiger charge is -2.07. The molecule has 1 heterocycles. The predicted molar refractivity (Wildman–Crippen MR) is 34.2 cm³/mol. The fourth-order valence-corrected chi connectivity index (χ4v) is 1.61. The summed E-state index contributed by atoms with van der Waals surface area (Å²) in [5.41, 5.74) is 0. The minimum Gasteiger partial charge on any atom is -0.294 e. The van der Waals surface area contributed by atoms with Gasteiger partial charge in [-0.3, -0.25) is 4.99 Å². The van der Waals surface area contributed by atoms with Crippen molar-refractivity contribution >= 4 is 6.21 Å². The van der Waals surface area contributed by atoms with Gasteiger partial charge in [0, 0.05) is 6.04 Å². The second-order valence-electron chi connectivity index (χ2n) is 2.97. The summed E-state index contributed by atoms with van der Waals surface area (Å²) in [4.78, 5) is 4.33. The molecule has 0 saturated heterocycles. The molecule has 0 aromatic heterocycles. The summed E-state index contributed by atoms with van der Waals surface area (Å²) >= 11 is 0. The molecule has 0 spiro atoms. The van der Waals surface area contributed by atoms with E-state index in [1.54, 1.807) is 0 Å². The van der Waals surface area contributed by atoms with Gasteiger partial charge in [0.2, 0.25) is 0 Å². The Labute approximate surface area is 49.8 Å². The number of hydrogen-bond acceptors (Lipinski definition) is 1. The maximum absolute atomic E-state index is 4.33. The van der Waals surface area contributed by atoms with Crippen LogP contribution in [0.15, 0.2) is 4.99 Å². The fourth-order valence-electron chi connectivity index (χ4n) is 1.61. The molecule has 2 rings (SSSR count). The lowest BCUT2D eigenvalue weighted by Crippen LogP contribution is -2.07. The highest BCUT2D eigenvalue weighted by molar-refractivity contribution is 5.60. The quantitative estimate of drug-likeness (QED) is 0.447. The van der Waals surface area contributed by atoms with E-state index >= 15 is 0 Å². The van der Waals surface area contributed by atoms with E-state index in [1.165, 1.54) is 12.8 Å². The molecule has 8 heavy (non-hydrogen) atoms. The molecule has 3 unspecified atom stereocenters. The second kappa shape index (κ2) is 1.34. The highest BCUT2D eigenvalue weighted by atomic mass is 14.8. The van der Waals surface area contributed by atoms with Crippen LogP contribution in [0, 0.1) is 11.8 Å². The molecule has 1 nitrogen and oxygen atoms in total. The number of fused-ring (bicyclic) bond motifs is 1. The Balaban J connectivity index is 2.13. The molecular formula is C7H11N. The van der Waals surface area contributed by atoms with Gasteiger partial charge >= 0.3 is 0 Å². The van der Waals surface area contributed by atoms with E-state index in [0.717, 1.165) is 11.8 Å². The highest BCUT2D eigenvalue weighted by Crippen LogP contribution is 2.46. The lowest BCUT2D eigenvalue weighted by molar-refractivity contribution is 0.580. The summed E-state index contributed by atoms with van der Waals surface area (Å²) in [5.74, 6) is 2.00. The van der Waals surface area contributed by atoms with Crippen LogP contribution in [0.25, 0.3) is 0 Å². The Morgan fingerprint density at radius 1 is 1.62 bits per heavy atom. The topological polar surface area (TPSA) is 12.4 Å². The number of hydrogen-bond donors (Lipinski definition) is 0. The SMILES string of the molecule is CC1N=CCC2CC21. The molecule has 2 aliphatic rings. The second-order valence-corrected chi connectivity index (χ2v) is 2.97. The maximum Gasteiger partial charge on any atom is 0.0498 e. The molecule has 44 valence electrons. The van der Waals surface area contributed by atoms with Crippen LogP contribution in [0.4, 0.5) is 0 Å². The van der Waals surface area contributed by atoms with Crippen LogP contribution in [-0.4, -0.2) is 12.3 Å². The number of aliphatic imine (C=N–C) groups is 1. The predicted octanol–water partition coefficient (Wildman–Crippen LogP) is 1.49. The first-order chi connectivity index (χ1) is 3.88. The Hall–Kier alpha value is -0.330. The molecular weight excluding hydrogens is 98.1 g/mol. The minimum atomic E-state index is 0.647. The normalized spacial score (nSPS) is 50.9. The Morgan fingerprint density at radius 3 is 3.12 bits per heavy atom. The van der Waals surface area contributed by atoms with E-state index in [9.17, 15) is 0 Å². The van der Waals surface area contributed by atoms with Gasteiger partial charge in [-0.15, -0.1) is 0 Å². The molecule has 0 amide bonds. The summed E-state index contributed by atoms with van der Waals surface area (Å²) in [6.45, 7) is 2.22.